The van der Waals surface area contributed by atoms with Gasteiger partial charge >= 0.3 is 18.0 Å². The minimum Gasteiger partial charge on any atom is -0.481 e. The Hall–Kier alpha value is -3.87. The van der Waals surface area contributed by atoms with Crippen LogP contribution in [-0.4, -0.2) is 36.0 Å². The predicted octanol–water partition coefficient (Wildman–Crippen LogP) is 7.78. The number of alkyl carbamates (subject to hydrolysis) is 1. The van der Waals surface area contributed by atoms with Gasteiger partial charge in [-0.2, -0.15) is 0 Å². The van der Waals surface area contributed by atoms with Crippen LogP contribution in [0.1, 0.15) is 83.1 Å². The molecule has 218 valence electrons. The summed E-state index contributed by atoms with van der Waals surface area (Å²) in [6, 6.07) is 9.08. The Kier molecular flexibility index (Phi) is 19.7. The number of esters is 1. The molecule has 0 aliphatic carbocycles. The molecule has 1 aromatic rings. The van der Waals surface area contributed by atoms with Crippen molar-refractivity contribution in [2.75, 3.05) is 6.54 Å². The van der Waals surface area contributed by atoms with Crippen LogP contribution in [0.5, 0.6) is 0 Å². The van der Waals surface area contributed by atoms with Crippen molar-refractivity contribution in [3.63, 3.8) is 0 Å². The molecule has 0 fully saturated rings. The van der Waals surface area contributed by atoms with Crippen LogP contribution in [0.25, 0.3) is 0 Å². The fourth-order valence-electron chi connectivity index (χ4n) is 3.64. The number of hydrogen-bond donors (Lipinski definition) is 2. The van der Waals surface area contributed by atoms with E-state index in [0.29, 0.717) is 6.42 Å². The summed E-state index contributed by atoms with van der Waals surface area (Å²) in [7, 11) is 0. The maximum absolute atomic E-state index is 12.1. The first-order valence-corrected chi connectivity index (χ1v) is 14.1. The monoisotopic (exact) mass is 551 g/mol. The summed E-state index contributed by atoms with van der Waals surface area (Å²) in [5, 5.41) is 11.7. The number of amides is 1. The molecule has 0 saturated heterocycles. The number of benzene rings is 1. The minimum atomic E-state index is -1.05. The molecule has 1 amide bonds. The Morgan fingerprint density at radius 1 is 0.825 bits per heavy atom. The van der Waals surface area contributed by atoms with Gasteiger partial charge in [0.25, 0.3) is 0 Å². The maximum Gasteiger partial charge on any atom is 0.410 e. The zero-order valence-corrected chi connectivity index (χ0v) is 23.9. The lowest BCUT2D eigenvalue weighted by Gasteiger charge is -2.18. The Morgan fingerprint density at radius 3 is 1.93 bits per heavy atom. The normalized spacial score (nSPS) is 13.4. The van der Waals surface area contributed by atoms with Gasteiger partial charge in [0.15, 0.2) is 0 Å². The summed E-state index contributed by atoms with van der Waals surface area (Å²) >= 11 is 0. The molecule has 1 aromatic carbocycles. The molecular weight excluding hydrogens is 506 g/mol. The average Bonchev–Trinajstić information content (AvgIpc) is 2.93. The van der Waals surface area contributed by atoms with E-state index in [1.807, 2.05) is 36.4 Å². The van der Waals surface area contributed by atoms with Crippen molar-refractivity contribution in [3.8, 4) is 0 Å². The number of carbonyl (C=O) groups is 3. The van der Waals surface area contributed by atoms with E-state index < -0.39 is 30.2 Å². The van der Waals surface area contributed by atoms with E-state index in [2.05, 4.69) is 66.9 Å². The smallest absolute Gasteiger partial charge is 0.410 e. The highest BCUT2D eigenvalue weighted by molar-refractivity contribution is 5.71. The molecule has 1 rings (SSSR count). The first kappa shape index (κ1) is 34.2. The molecule has 7 heteroatoms. The lowest BCUT2D eigenvalue weighted by molar-refractivity contribution is -0.165. The summed E-state index contributed by atoms with van der Waals surface area (Å²) in [5.74, 6) is -1.81. The topological polar surface area (TPSA) is 102 Å². The van der Waals surface area contributed by atoms with Crippen LogP contribution in [0.3, 0.4) is 0 Å². The molecule has 0 spiro atoms. The van der Waals surface area contributed by atoms with Gasteiger partial charge in [-0.15, -0.1) is 0 Å². The second-order valence-corrected chi connectivity index (χ2v) is 9.15. The molecule has 0 aliphatic heterocycles. The maximum atomic E-state index is 12.1. The van der Waals surface area contributed by atoms with Crippen molar-refractivity contribution in [3.05, 3.63) is 96.7 Å². The second kappa shape index (κ2) is 23.1. The number of nitrogens with one attached hydrogen (secondary N) is 1. The Balaban J connectivity index is 2.14. The standard InChI is InChI=1S/C33H45NO6/c1-3-4-5-6-7-8-9-10-11-12-13-14-15-16-17-18-22-25-32(37)39-28(2)40-33(38)34-27-30(26-31(35)36)29-23-20-19-21-24-29/h4-5,7-8,10-11,13-14,16-17,19-21,23-24,28,30H,3,6,9,12,15,18,22,25-27H2,1-2H3,(H,34,38)(H,35,36)/b5-4+,8-7+,11-10+,14-13+,17-16+. The molecule has 0 aromatic heterocycles. The van der Waals surface area contributed by atoms with Gasteiger partial charge in [-0.05, 0) is 50.5 Å². The third-order valence-electron chi connectivity index (χ3n) is 5.66. The summed E-state index contributed by atoms with van der Waals surface area (Å²) in [5.41, 5.74) is 0.803. The molecular formula is C33H45NO6. The minimum absolute atomic E-state index is 0.0864. The van der Waals surface area contributed by atoms with E-state index in [-0.39, 0.29) is 19.4 Å². The number of carboxylic acids is 1. The number of aliphatic carboxylic acids is 1. The Bertz CT molecular complexity index is 993. The van der Waals surface area contributed by atoms with Gasteiger partial charge in [-0.25, -0.2) is 4.79 Å². The fraction of sp³-hybridized carbons (Fsp3) is 0.424. The molecule has 2 N–H and O–H groups in total. The highest BCUT2D eigenvalue weighted by Crippen LogP contribution is 2.18. The molecule has 0 aliphatic rings. The van der Waals surface area contributed by atoms with Gasteiger partial charge < -0.3 is 19.9 Å². The van der Waals surface area contributed by atoms with Crippen molar-refractivity contribution in [1.82, 2.24) is 5.32 Å². The van der Waals surface area contributed by atoms with Crippen molar-refractivity contribution in [2.45, 2.75) is 83.8 Å². The van der Waals surface area contributed by atoms with Gasteiger partial charge in [0.05, 0.1) is 6.42 Å². The van der Waals surface area contributed by atoms with Crippen LogP contribution in [0, 0.1) is 0 Å². The van der Waals surface area contributed by atoms with Crippen LogP contribution in [0.15, 0.2) is 91.1 Å². The highest BCUT2D eigenvalue weighted by Gasteiger charge is 2.19. The van der Waals surface area contributed by atoms with Gasteiger partial charge in [0.1, 0.15) is 0 Å². The van der Waals surface area contributed by atoms with E-state index in [0.717, 1.165) is 44.1 Å². The molecule has 2 atom stereocenters. The first-order valence-electron chi connectivity index (χ1n) is 14.1. The van der Waals surface area contributed by atoms with Gasteiger partial charge in [-0.1, -0.05) is 98.0 Å². The SMILES string of the molecule is CC/C=C/C/C=C/C/C=C/C/C=C/C/C=C/CCCC(=O)OC(C)OC(=O)NCC(CC(=O)O)c1ccccc1. The molecule has 0 radical (unpaired) electrons. The summed E-state index contributed by atoms with van der Waals surface area (Å²) in [6.45, 7) is 3.69. The lowest BCUT2D eigenvalue weighted by atomic mass is 9.96. The van der Waals surface area contributed by atoms with E-state index in [1.54, 1.807) is 0 Å². The van der Waals surface area contributed by atoms with Crippen LogP contribution in [-0.2, 0) is 19.1 Å². The number of ether oxygens (including phenoxy) is 2. The van der Waals surface area contributed by atoms with E-state index in [1.165, 1.54) is 6.92 Å². The van der Waals surface area contributed by atoms with Crippen molar-refractivity contribution < 1.29 is 29.0 Å². The lowest BCUT2D eigenvalue weighted by Crippen LogP contribution is -2.33. The van der Waals surface area contributed by atoms with E-state index in [4.69, 9.17) is 14.6 Å². The average molecular weight is 552 g/mol. The molecule has 0 bridgehead atoms. The van der Waals surface area contributed by atoms with E-state index >= 15 is 0 Å². The van der Waals surface area contributed by atoms with Gasteiger partial charge in [-0.3, -0.25) is 9.59 Å². The van der Waals surface area contributed by atoms with Crippen molar-refractivity contribution in [2.24, 2.45) is 0 Å². The Morgan fingerprint density at radius 2 is 1.38 bits per heavy atom. The second-order valence-electron chi connectivity index (χ2n) is 9.15. The van der Waals surface area contributed by atoms with Crippen molar-refractivity contribution >= 4 is 18.0 Å². The third kappa shape index (κ3) is 19.2. The van der Waals surface area contributed by atoms with Gasteiger partial charge in [0.2, 0.25) is 6.29 Å². The molecule has 7 nitrogen and oxygen atoms in total. The van der Waals surface area contributed by atoms with E-state index in [9.17, 15) is 14.4 Å². The molecule has 0 saturated carbocycles. The number of rotatable bonds is 20. The predicted molar refractivity (Wildman–Crippen MR) is 160 cm³/mol. The van der Waals surface area contributed by atoms with Gasteiger partial charge in [0, 0.05) is 25.8 Å². The Labute approximate surface area is 239 Å². The van der Waals surface area contributed by atoms with Crippen LogP contribution in [0.4, 0.5) is 4.79 Å². The van der Waals surface area contributed by atoms with Crippen LogP contribution >= 0.6 is 0 Å². The number of allylic oxidation sites excluding steroid dienone is 10. The molecule has 40 heavy (non-hydrogen) atoms. The number of hydrogen-bond acceptors (Lipinski definition) is 5. The highest BCUT2D eigenvalue weighted by atomic mass is 16.7. The number of carbonyl (C=O) groups excluding carboxylic acids is 2. The first-order chi connectivity index (χ1) is 19.4. The summed E-state index contributed by atoms with van der Waals surface area (Å²) in [4.78, 5) is 35.3. The zero-order chi connectivity index (χ0) is 29.3. The largest absolute Gasteiger partial charge is 0.481 e. The fourth-order valence-corrected chi connectivity index (χ4v) is 3.64. The molecule has 0 heterocycles. The molecule has 2 unspecified atom stereocenters. The van der Waals surface area contributed by atoms with Crippen molar-refractivity contribution in [1.29, 1.82) is 0 Å². The van der Waals surface area contributed by atoms with Crippen LogP contribution in [0.2, 0.25) is 0 Å². The quantitative estimate of drug-likeness (QED) is 0.0742. The number of carboxylic acid groups (broad SMARTS) is 1. The zero-order valence-electron chi connectivity index (χ0n) is 23.9. The summed E-state index contributed by atoms with van der Waals surface area (Å²) < 4.78 is 10.2. The van der Waals surface area contributed by atoms with Crippen LogP contribution < -0.4 is 5.32 Å². The third-order valence-corrected chi connectivity index (χ3v) is 5.66. The number of unbranched alkanes of at least 4 members (excludes halogenated alkanes) is 1. The summed E-state index contributed by atoms with van der Waals surface area (Å²) in [6.07, 6.45) is 25.9.